The first kappa shape index (κ1) is 48.3. The van der Waals surface area contributed by atoms with Gasteiger partial charge in [-0.05, 0) is 105 Å². The first-order valence-electron chi connectivity index (χ1n) is 21.6. The fourth-order valence-corrected chi connectivity index (χ4v) is 7.61. The van der Waals surface area contributed by atoms with Crippen LogP contribution in [0.3, 0.4) is 0 Å². The highest BCUT2D eigenvalue weighted by atomic mass is 16.6. The number of hydrogen-bond donors (Lipinski definition) is 5. The minimum Gasteiger partial charge on any atom is -0.497 e. The predicted octanol–water partition coefficient (Wildman–Crippen LogP) is 6.13. The Morgan fingerprint density at radius 3 is 2.18 bits per heavy atom. The molecule has 2 aliphatic heterocycles. The van der Waals surface area contributed by atoms with Gasteiger partial charge in [0.1, 0.15) is 24.0 Å². The highest BCUT2D eigenvalue weighted by Crippen LogP contribution is 2.43. The molecule has 2 aliphatic rings. The van der Waals surface area contributed by atoms with Gasteiger partial charge >= 0.3 is 12.2 Å². The Bertz CT molecular complexity index is 2390. The third-order valence-corrected chi connectivity index (χ3v) is 11.0. The van der Waals surface area contributed by atoms with Crippen LogP contribution in [0.4, 0.5) is 21.0 Å². The molecule has 4 aromatic carbocycles. The van der Waals surface area contributed by atoms with E-state index in [0.717, 1.165) is 21.6 Å². The molecule has 0 saturated heterocycles. The number of anilines is 2. The van der Waals surface area contributed by atoms with Crippen LogP contribution in [0.25, 0.3) is 5.57 Å². The summed E-state index contributed by atoms with van der Waals surface area (Å²) in [6, 6.07) is 23.4. The van der Waals surface area contributed by atoms with Crippen LogP contribution in [0.15, 0.2) is 97.2 Å². The van der Waals surface area contributed by atoms with E-state index < -0.39 is 59.9 Å². The third kappa shape index (κ3) is 12.2. The molecule has 6 N–H and O–H groups in total. The lowest BCUT2D eigenvalue weighted by Gasteiger charge is -2.31. The summed E-state index contributed by atoms with van der Waals surface area (Å²) in [5, 5.41) is 20.3. The summed E-state index contributed by atoms with van der Waals surface area (Å²) in [5.74, 6) is -0.276. The Kier molecular flexibility index (Phi) is 15.9. The molecule has 350 valence electrons. The Morgan fingerprint density at radius 2 is 1.53 bits per heavy atom. The Hall–Kier alpha value is -7.11. The Morgan fingerprint density at radius 1 is 0.848 bits per heavy atom. The van der Waals surface area contributed by atoms with Crippen molar-refractivity contribution in [3.05, 3.63) is 119 Å². The van der Waals surface area contributed by atoms with Crippen molar-refractivity contribution in [2.45, 2.75) is 89.4 Å². The molecule has 4 aromatic rings. The van der Waals surface area contributed by atoms with E-state index >= 15 is 0 Å². The lowest BCUT2D eigenvalue weighted by atomic mass is 10.0. The number of nitrogens with two attached hydrogens (primary N) is 1. The van der Waals surface area contributed by atoms with Crippen molar-refractivity contribution >= 4 is 46.9 Å². The van der Waals surface area contributed by atoms with Crippen LogP contribution in [0.5, 0.6) is 17.2 Å². The van der Waals surface area contributed by atoms with Gasteiger partial charge in [-0.1, -0.05) is 54.6 Å². The van der Waals surface area contributed by atoms with Gasteiger partial charge in [-0.15, -0.1) is 0 Å². The number of ether oxygens (including phenoxy) is 5. The smallest absolute Gasteiger partial charge is 0.416 e. The van der Waals surface area contributed by atoms with Crippen molar-refractivity contribution < 1.29 is 52.8 Å². The Balaban J connectivity index is 1.13. The van der Waals surface area contributed by atoms with Gasteiger partial charge in [-0.25, -0.2) is 14.5 Å². The van der Waals surface area contributed by atoms with Crippen LogP contribution in [-0.4, -0.2) is 97.7 Å². The topological polar surface area (TPSA) is 220 Å². The van der Waals surface area contributed by atoms with E-state index in [9.17, 15) is 29.1 Å². The summed E-state index contributed by atoms with van der Waals surface area (Å²) in [5.41, 5.74) is 9.20. The number of aliphatic hydroxyl groups is 1. The van der Waals surface area contributed by atoms with Crippen molar-refractivity contribution in [2.24, 2.45) is 5.73 Å². The Labute approximate surface area is 384 Å². The van der Waals surface area contributed by atoms with Gasteiger partial charge in [0.05, 0.1) is 44.7 Å². The number of hydrogen-bond acceptors (Lipinski definition) is 12. The van der Waals surface area contributed by atoms with Crippen molar-refractivity contribution in [3.63, 3.8) is 0 Å². The summed E-state index contributed by atoms with van der Waals surface area (Å²) >= 11 is 0. The summed E-state index contributed by atoms with van der Waals surface area (Å²) in [6.07, 6.45) is 0.435. The third-order valence-electron chi connectivity index (χ3n) is 11.0. The van der Waals surface area contributed by atoms with Gasteiger partial charge < -0.3 is 55.4 Å². The molecule has 17 nitrogen and oxygen atoms in total. The summed E-state index contributed by atoms with van der Waals surface area (Å²) < 4.78 is 27.4. The number of nitrogens with zero attached hydrogens (tertiary/aromatic N) is 2. The number of benzene rings is 4. The molecule has 2 heterocycles. The molecule has 17 heteroatoms. The monoisotopic (exact) mass is 906 g/mol. The fraction of sp³-hybridized carbons (Fsp3) is 0.367. The van der Waals surface area contributed by atoms with Crippen molar-refractivity contribution in [3.8, 4) is 17.2 Å². The number of methoxy groups -OCH3 is 3. The SMILES string of the molecule is COc1ccc(C2=CN3C(=O)c4cc(OC)c(OC)cc4N(C(=O)OCc4ccc(NC(=O)C(CCCCNC(=O)OC(C)(C)C)NC(=O)C(N)Cc5ccccc5)cc4)C(O)C3C2)cc1. The lowest BCUT2D eigenvalue weighted by Crippen LogP contribution is -2.50. The quantitative estimate of drug-likeness (QED) is 0.0756. The average Bonchev–Trinajstić information content (AvgIpc) is 3.73. The second-order valence-electron chi connectivity index (χ2n) is 16.9. The molecule has 4 unspecified atom stereocenters. The van der Waals surface area contributed by atoms with Crippen LogP contribution >= 0.6 is 0 Å². The largest absolute Gasteiger partial charge is 0.497 e. The molecule has 6 rings (SSSR count). The van der Waals surface area contributed by atoms with E-state index in [1.54, 1.807) is 70.5 Å². The minimum atomic E-state index is -1.53. The van der Waals surface area contributed by atoms with E-state index in [0.29, 0.717) is 36.4 Å². The number of carbonyl (C=O) groups is 5. The van der Waals surface area contributed by atoms with E-state index in [4.69, 9.17) is 29.4 Å². The standard InChI is InChI=1S/C49H58N6O11/c1-49(2,3)66-47(60)51-23-11-10-14-38(53-43(56)37(50)24-30-12-8-7-9-13-30)44(57)52-34-19-15-31(16-20-34)29-65-48(61)55-39-27-42(64-6)41(63-5)26-36(39)45(58)54-28-33(25-40(54)46(55)59)32-17-21-35(62-4)22-18-32/h7-9,12-13,15-22,26-28,37-38,40,46,59H,10-11,14,23-25,29,50H2,1-6H3,(H,51,60)(H,52,57)(H,53,56). The number of fused-ring (bicyclic) bond motifs is 2. The molecule has 0 spiro atoms. The lowest BCUT2D eigenvalue weighted by molar-refractivity contribution is -0.127. The number of aliphatic hydroxyl groups excluding tert-OH is 1. The van der Waals surface area contributed by atoms with E-state index in [-0.39, 0.29) is 48.6 Å². The number of carbonyl (C=O) groups excluding carboxylic acids is 5. The molecule has 0 radical (unpaired) electrons. The minimum absolute atomic E-state index is 0.0731. The van der Waals surface area contributed by atoms with E-state index in [1.807, 2.05) is 42.5 Å². The number of unbranched alkanes of at least 4 members (excludes halogenated alkanes) is 1. The van der Waals surface area contributed by atoms with Gasteiger partial charge in [0, 0.05) is 24.5 Å². The second kappa shape index (κ2) is 21.7. The zero-order chi connectivity index (χ0) is 47.5. The van der Waals surface area contributed by atoms with E-state index in [1.165, 1.54) is 31.3 Å². The molecule has 0 saturated carbocycles. The molecule has 5 amide bonds. The first-order valence-corrected chi connectivity index (χ1v) is 21.6. The van der Waals surface area contributed by atoms with Gasteiger partial charge in [-0.3, -0.25) is 14.4 Å². The summed E-state index contributed by atoms with van der Waals surface area (Å²) in [4.78, 5) is 69.8. The van der Waals surface area contributed by atoms with E-state index in [2.05, 4.69) is 16.0 Å². The van der Waals surface area contributed by atoms with Crippen molar-refractivity contribution in [1.29, 1.82) is 0 Å². The number of nitrogens with one attached hydrogen (secondary N) is 3. The van der Waals surface area contributed by atoms with Crippen molar-refractivity contribution in [2.75, 3.05) is 38.1 Å². The van der Waals surface area contributed by atoms with Crippen LogP contribution in [-0.2, 0) is 32.1 Å². The normalized spacial score (nSPS) is 16.4. The van der Waals surface area contributed by atoms with Crippen LogP contribution < -0.4 is 40.8 Å². The highest BCUT2D eigenvalue weighted by Gasteiger charge is 2.46. The maximum atomic E-state index is 14.2. The average molecular weight is 907 g/mol. The molecule has 4 atom stereocenters. The van der Waals surface area contributed by atoms with Gasteiger partial charge in [0.2, 0.25) is 11.8 Å². The van der Waals surface area contributed by atoms with Crippen molar-refractivity contribution in [1.82, 2.24) is 15.5 Å². The maximum Gasteiger partial charge on any atom is 0.416 e. The first-order chi connectivity index (χ1) is 31.6. The molecule has 66 heavy (non-hydrogen) atoms. The van der Waals surface area contributed by atoms with Gasteiger partial charge in [-0.2, -0.15) is 0 Å². The molecular weight excluding hydrogens is 849 g/mol. The molecular formula is C49H58N6O11. The summed E-state index contributed by atoms with van der Waals surface area (Å²) in [7, 11) is 4.42. The van der Waals surface area contributed by atoms with Gasteiger partial charge in [0.15, 0.2) is 17.7 Å². The molecule has 0 fully saturated rings. The van der Waals surface area contributed by atoms with Crippen LogP contribution in [0, 0.1) is 0 Å². The number of alkyl carbamates (subject to hydrolysis) is 1. The molecule has 0 aromatic heterocycles. The number of rotatable bonds is 17. The zero-order valence-corrected chi connectivity index (χ0v) is 38.0. The van der Waals surface area contributed by atoms with Gasteiger partial charge in [0.25, 0.3) is 5.91 Å². The predicted molar refractivity (Wildman–Crippen MR) is 247 cm³/mol. The second-order valence-corrected chi connectivity index (χ2v) is 16.9. The van der Waals surface area contributed by atoms with Crippen LogP contribution in [0.2, 0.25) is 0 Å². The summed E-state index contributed by atoms with van der Waals surface area (Å²) in [6.45, 7) is 5.39. The molecule has 0 aliphatic carbocycles. The fourth-order valence-electron chi connectivity index (χ4n) is 7.61. The number of amides is 5. The maximum absolute atomic E-state index is 14.2. The highest BCUT2D eigenvalue weighted by molar-refractivity contribution is 6.07. The van der Waals surface area contributed by atoms with Crippen LogP contribution in [0.1, 0.15) is 73.5 Å². The molecule has 0 bridgehead atoms. The zero-order valence-electron chi connectivity index (χ0n) is 38.0.